The van der Waals surface area contributed by atoms with Crippen molar-refractivity contribution in [3.63, 3.8) is 0 Å². The third-order valence-electron chi connectivity index (χ3n) is 3.77. The molecule has 3 N–H and O–H groups in total. The highest BCUT2D eigenvalue weighted by Gasteiger charge is 2.30. The maximum atomic E-state index is 12.4. The van der Waals surface area contributed by atoms with Crippen molar-refractivity contribution in [3.8, 4) is 0 Å². The third kappa shape index (κ3) is 4.74. The topological polar surface area (TPSA) is 55.1 Å². The summed E-state index contributed by atoms with van der Waals surface area (Å²) in [7, 11) is 0. The second kappa shape index (κ2) is 6.47. The number of alkyl halides is 3. The number of nitrogens with two attached hydrogens (primary N) is 1. The smallest absolute Gasteiger partial charge is 0.349 e. The molecule has 118 valence electrons. The lowest BCUT2D eigenvalue weighted by molar-refractivity contribution is -0.137. The molecule has 0 spiro atoms. The molecule has 0 aliphatic carbocycles. The van der Waals surface area contributed by atoms with Gasteiger partial charge >= 0.3 is 6.18 Å². The maximum absolute atomic E-state index is 12.4. The zero-order valence-electron chi connectivity index (χ0n) is 12.4. The first kappa shape index (κ1) is 17.5. The van der Waals surface area contributed by atoms with E-state index in [4.69, 9.17) is 5.73 Å². The molecule has 0 radical (unpaired) electrons. The van der Waals surface area contributed by atoms with Crippen molar-refractivity contribution in [1.29, 1.82) is 0 Å². The van der Waals surface area contributed by atoms with Crippen LogP contribution in [0.15, 0.2) is 24.3 Å². The minimum absolute atomic E-state index is 0.0282. The quantitative estimate of drug-likeness (QED) is 0.878. The van der Waals surface area contributed by atoms with E-state index >= 15 is 0 Å². The first-order valence-corrected chi connectivity index (χ1v) is 6.75. The van der Waals surface area contributed by atoms with E-state index in [1.165, 1.54) is 12.1 Å². The Hall–Kier alpha value is -1.56. The monoisotopic (exact) mass is 302 g/mol. The van der Waals surface area contributed by atoms with E-state index in [1.54, 1.807) is 0 Å². The van der Waals surface area contributed by atoms with Gasteiger partial charge in [-0.15, -0.1) is 0 Å². The summed E-state index contributed by atoms with van der Waals surface area (Å²) >= 11 is 0. The maximum Gasteiger partial charge on any atom is 0.416 e. The zero-order valence-corrected chi connectivity index (χ0v) is 12.4. The summed E-state index contributed by atoms with van der Waals surface area (Å²) < 4.78 is 37.3. The molecule has 0 saturated heterocycles. The van der Waals surface area contributed by atoms with Crippen LogP contribution in [0.1, 0.15) is 31.9 Å². The summed E-state index contributed by atoms with van der Waals surface area (Å²) in [5, 5.41) is 2.85. The van der Waals surface area contributed by atoms with Crippen LogP contribution in [0, 0.1) is 5.92 Å². The van der Waals surface area contributed by atoms with Crippen molar-refractivity contribution in [2.24, 2.45) is 11.7 Å². The minimum Gasteiger partial charge on any atom is -0.349 e. The van der Waals surface area contributed by atoms with Crippen LogP contribution >= 0.6 is 0 Å². The number of amides is 1. The fourth-order valence-electron chi connectivity index (χ4n) is 1.79. The van der Waals surface area contributed by atoms with Gasteiger partial charge in [-0.05, 0) is 30.5 Å². The molecule has 0 saturated carbocycles. The first-order valence-electron chi connectivity index (χ1n) is 6.75. The molecule has 1 unspecified atom stereocenters. The Kier molecular flexibility index (Phi) is 5.39. The van der Waals surface area contributed by atoms with Crippen LogP contribution in [-0.2, 0) is 17.4 Å². The fraction of sp³-hybridized carbons (Fsp3) is 0.533. The molecule has 3 nitrogen and oxygen atoms in total. The molecular formula is C15H21F3N2O. The van der Waals surface area contributed by atoms with Gasteiger partial charge < -0.3 is 11.1 Å². The number of hydrogen-bond donors (Lipinski definition) is 2. The summed E-state index contributed by atoms with van der Waals surface area (Å²) in [5.74, 6) is -0.101. The van der Waals surface area contributed by atoms with Crippen LogP contribution in [0.3, 0.4) is 0 Å². The van der Waals surface area contributed by atoms with Gasteiger partial charge in [0, 0.05) is 6.54 Å². The second-order valence-electron chi connectivity index (χ2n) is 5.70. The van der Waals surface area contributed by atoms with Crippen LogP contribution in [-0.4, -0.2) is 18.0 Å². The van der Waals surface area contributed by atoms with Crippen LogP contribution in [0.25, 0.3) is 0 Å². The third-order valence-corrected chi connectivity index (χ3v) is 3.77. The summed E-state index contributed by atoms with van der Waals surface area (Å²) in [4.78, 5) is 12.0. The molecule has 0 heterocycles. The lowest BCUT2D eigenvalue weighted by atomic mass is 9.88. The van der Waals surface area contributed by atoms with Crippen molar-refractivity contribution in [3.05, 3.63) is 35.4 Å². The average Bonchev–Trinajstić information content (AvgIpc) is 2.37. The number of rotatable bonds is 5. The summed E-state index contributed by atoms with van der Waals surface area (Å²) in [6.07, 6.45) is -4.34. The van der Waals surface area contributed by atoms with E-state index < -0.39 is 17.3 Å². The van der Waals surface area contributed by atoms with Gasteiger partial charge in [0.1, 0.15) is 0 Å². The number of benzene rings is 1. The van der Waals surface area contributed by atoms with Crippen LogP contribution in [0.5, 0.6) is 0 Å². The second-order valence-corrected chi connectivity index (χ2v) is 5.70. The van der Waals surface area contributed by atoms with Gasteiger partial charge in [-0.2, -0.15) is 13.2 Å². The molecule has 21 heavy (non-hydrogen) atoms. The number of carbonyl (C=O) groups excluding carboxylic acids is 1. The molecule has 1 amide bonds. The van der Waals surface area contributed by atoms with Crippen molar-refractivity contribution in [1.82, 2.24) is 5.32 Å². The van der Waals surface area contributed by atoms with Crippen LogP contribution < -0.4 is 11.1 Å². The molecule has 1 aromatic rings. The summed E-state index contributed by atoms with van der Waals surface area (Å²) in [6, 6.07) is 4.59. The van der Waals surface area contributed by atoms with Gasteiger partial charge in [-0.25, -0.2) is 0 Å². The van der Waals surface area contributed by atoms with Crippen molar-refractivity contribution in [2.75, 3.05) is 6.54 Å². The number of hydrogen-bond acceptors (Lipinski definition) is 2. The molecule has 0 aliphatic rings. The molecule has 1 rings (SSSR count). The fourth-order valence-corrected chi connectivity index (χ4v) is 1.79. The Balaban J connectivity index is 2.72. The molecule has 1 atom stereocenters. The van der Waals surface area contributed by atoms with E-state index in [1.807, 2.05) is 20.8 Å². The predicted molar refractivity (Wildman–Crippen MR) is 75.6 cm³/mol. The van der Waals surface area contributed by atoms with Gasteiger partial charge in [-0.1, -0.05) is 26.0 Å². The molecular weight excluding hydrogens is 281 g/mol. The Morgan fingerprint density at radius 2 is 1.76 bits per heavy atom. The SMILES string of the molecule is CC(C)C(C)(CN)NC(=O)Cc1ccc(C(F)(F)F)cc1. The van der Waals surface area contributed by atoms with Crippen molar-refractivity contribution >= 4 is 5.91 Å². The van der Waals surface area contributed by atoms with Crippen molar-refractivity contribution in [2.45, 2.75) is 38.9 Å². The number of nitrogens with one attached hydrogen (secondary N) is 1. The van der Waals surface area contributed by atoms with Crippen LogP contribution in [0.2, 0.25) is 0 Å². The molecule has 0 fully saturated rings. The van der Waals surface area contributed by atoms with E-state index in [0.29, 0.717) is 12.1 Å². The highest BCUT2D eigenvalue weighted by Crippen LogP contribution is 2.29. The Morgan fingerprint density at radius 3 is 2.14 bits per heavy atom. The van der Waals surface area contributed by atoms with E-state index in [9.17, 15) is 18.0 Å². The molecule has 0 bridgehead atoms. The molecule has 0 aromatic heterocycles. The average molecular weight is 302 g/mol. The molecule has 0 aliphatic heterocycles. The lowest BCUT2D eigenvalue weighted by Crippen LogP contribution is -2.55. The normalized spacial score (nSPS) is 14.9. The lowest BCUT2D eigenvalue weighted by Gasteiger charge is -2.33. The predicted octanol–water partition coefficient (Wildman–Crippen LogP) is 2.74. The first-order chi connectivity index (χ1) is 9.58. The van der Waals surface area contributed by atoms with Gasteiger partial charge in [0.15, 0.2) is 0 Å². The van der Waals surface area contributed by atoms with Gasteiger partial charge in [0.05, 0.1) is 17.5 Å². The largest absolute Gasteiger partial charge is 0.416 e. The molecule has 6 heteroatoms. The summed E-state index contributed by atoms with van der Waals surface area (Å²) in [6.45, 7) is 6.04. The zero-order chi connectivity index (χ0) is 16.3. The minimum atomic E-state index is -4.36. The van der Waals surface area contributed by atoms with E-state index in [-0.39, 0.29) is 18.2 Å². The Bertz CT molecular complexity index is 483. The van der Waals surface area contributed by atoms with Gasteiger partial charge in [0.2, 0.25) is 5.91 Å². The highest BCUT2D eigenvalue weighted by atomic mass is 19.4. The van der Waals surface area contributed by atoms with Crippen molar-refractivity contribution < 1.29 is 18.0 Å². The Labute approximate surface area is 122 Å². The molecule has 1 aromatic carbocycles. The summed E-state index contributed by atoms with van der Waals surface area (Å²) in [5.41, 5.74) is 4.96. The highest BCUT2D eigenvalue weighted by molar-refractivity contribution is 5.79. The standard InChI is InChI=1S/C15H21F3N2O/c1-10(2)14(3,9-19)20-13(21)8-11-4-6-12(7-5-11)15(16,17)18/h4-7,10H,8-9,19H2,1-3H3,(H,20,21). The van der Waals surface area contributed by atoms with Gasteiger partial charge in [0.25, 0.3) is 0 Å². The number of carbonyl (C=O) groups is 1. The number of halogens is 3. The van der Waals surface area contributed by atoms with E-state index in [0.717, 1.165) is 12.1 Å². The van der Waals surface area contributed by atoms with Crippen LogP contribution in [0.4, 0.5) is 13.2 Å². The van der Waals surface area contributed by atoms with Gasteiger partial charge in [-0.3, -0.25) is 4.79 Å². The van der Waals surface area contributed by atoms with E-state index in [2.05, 4.69) is 5.32 Å². The Morgan fingerprint density at radius 1 is 1.24 bits per heavy atom.